The standard InChI is InChI=1S/C20H17IN4O5/c1-29-16-9-12(7-13(10-22)19(27)25-20(23)28)8-15(21)18(16)30-11-17(26)24-14-5-3-2-4-6-14/h2-9H,11H2,1H3,(H,24,26)(H3,23,25,27,28)/b13-7-. The lowest BCUT2D eigenvalue weighted by Gasteiger charge is -2.14. The van der Waals surface area contributed by atoms with Crippen LogP contribution in [0.1, 0.15) is 5.56 Å². The maximum absolute atomic E-state index is 12.1. The Balaban J connectivity index is 2.18. The molecule has 2 aromatic carbocycles. The molecule has 4 N–H and O–H groups in total. The van der Waals surface area contributed by atoms with Crippen LogP contribution in [0.2, 0.25) is 0 Å². The summed E-state index contributed by atoms with van der Waals surface area (Å²) in [7, 11) is 1.42. The van der Waals surface area contributed by atoms with Crippen molar-refractivity contribution in [3.8, 4) is 17.6 Å². The topological polar surface area (TPSA) is 144 Å². The van der Waals surface area contributed by atoms with Gasteiger partial charge in [-0.05, 0) is 58.5 Å². The van der Waals surface area contributed by atoms with Crippen LogP contribution in [-0.4, -0.2) is 31.6 Å². The Hall–Kier alpha value is -3.59. The van der Waals surface area contributed by atoms with Crippen molar-refractivity contribution >= 4 is 52.2 Å². The summed E-state index contributed by atoms with van der Waals surface area (Å²) in [4.78, 5) is 34.7. The first kappa shape index (κ1) is 22.7. The third kappa shape index (κ3) is 6.49. The lowest BCUT2D eigenvalue weighted by atomic mass is 10.1. The lowest BCUT2D eigenvalue weighted by Crippen LogP contribution is -2.35. The van der Waals surface area contributed by atoms with Crippen molar-refractivity contribution in [3.63, 3.8) is 0 Å². The summed E-state index contributed by atoms with van der Waals surface area (Å²) in [5.41, 5.74) is 5.68. The van der Waals surface area contributed by atoms with E-state index in [2.05, 4.69) is 5.32 Å². The summed E-state index contributed by atoms with van der Waals surface area (Å²) in [6.07, 6.45) is 1.27. The average Bonchev–Trinajstić information content (AvgIpc) is 2.70. The molecule has 9 nitrogen and oxygen atoms in total. The molecule has 0 unspecified atom stereocenters. The van der Waals surface area contributed by atoms with Gasteiger partial charge >= 0.3 is 6.03 Å². The number of nitrogens with two attached hydrogens (primary N) is 1. The summed E-state index contributed by atoms with van der Waals surface area (Å²) >= 11 is 1.98. The first-order valence-corrected chi connectivity index (χ1v) is 9.49. The van der Waals surface area contributed by atoms with Crippen molar-refractivity contribution in [3.05, 3.63) is 57.2 Å². The summed E-state index contributed by atoms with van der Waals surface area (Å²) in [6, 6.07) is 12.7. The van der Waals surface area contributed by atoms with E-state index in [0.717, 1.165) is 0 Å². The number of imide groups is 1. The number of rotatable bonds is 7. The maximum Gasteiger partial charge on any atom is 0.319 e. The Bertz CT molecular complexity index is 1030. The van der Waals surface area contributed by atoms with Gasteiger partial charge in [0.25, 0.3) is 11.8 Å². The van der Waals surface area contributed by atoms with Gasteiger partial charge in [0, 0.05) is 5.69 Å². The van der Waals surface area contributed by atoms with Crippen LogP contribution in [0.15, 0.2) is 48.0 Å². The molecule has 0 saturated carbocycles. The molecule has 10 heteroatoms. The molecule has 0 aliphatic heterocycles. The number of hydrogen-bond acceptors (Lipinski definition) is 6. The first-order chi connectivity index (χ1) is 14.3. The molecule has 0 aliphatic carbocycles. The van der Waals surface area contributed by atoms with Crippen LogP contribution < -0.4 is 25.8 Å². The van der Waals surface area contributed by atoms with E-state index in [4.69, 9.17) is 20.5 Å². The number of ether oxygens (including phenoxy) is 2. The predicted octanol–water partition coefficient (Wildman–Crippen LogP) is 2.42. The molecule has 4 amide bonds. The number of carbonyl (C=O) groups is 3. The van der Waals surface area contributed by atoms with E-state index in [1.54, 1.807) is 36.4 Å². The number of halogens is 1. The number of primary amides is 1. The van der Waals surface area contributed by atoms with Crippen LogP contribution in [0, 0.1) is 14.9 Å². The Labute approximate surface area is 186 Å². The molecule has 0 atom stereocenters. The Kier molecular flexibility index (Phi) is 8.18. The smallest absolute Gasteiger partial charge is 0.319 e. The average molecular weight is 520 g/mol. The van der Waals surface area contributed by atoms with Crippen LogP contribution in [0.25, 0.3) is 6.08 Å². The van der Waals surface area contributed by atoms with Gasteiger partial charge in [-0.1, -0.05) is 18.2 Å². The number of hydrogen-bond donors (Lipinski definition) is 3. The highest BCUT2D eigenvalue weighted by atomic mass is 127. The van der Waals surface area contributed by atoms with E-state index in [-0.39, 0.29) is 18.1 Å². The zero-order valence-corrected chi connectivity index (χ0v) is 17.9. The van der Waals surface area contributed by atoms with Crippen molar-refractivity contribution in [2.24, 2.45) is 5.73 Å². The van der Waals surface area contributed by atoms with E-state index in [1.807, 2.05) is 34.0 Å². The normalized spacial score (nSPS) is 10.5. The number of carbonyl (C=O) groups excluding carboxylic acids is 3. The number of para-hydroxylation sites is 1. The summed E-state index contributed by atoms with van der Waals surface area (Å²) in [5, 5.41) is 13.7. The fourth-order valence-corrected chi connectivity index (χ4v) is 3.10. The minimum Gasteiger partial charge on any atom is -0.493 e. The number of nitrogens with zero attached hydrogens (tertiary/aromatic N) is 1. The quantitative estimate of drug-likeness (QED) is 0.291. The van der Waals surface area contributed by atoms with Gasteiger partial charge < -0.3 is 20.5 Å². The van der Waals surface area contributed by atoms with Crippen LogP contribution in [-0.2, 0) is 9.59 Å². The molecule has 0 radical (unpaired) electrons. The van der Waals surface area contributed by atoms with Gasteiger partial charge in [0.05, 0.1) is 10.7 Å². The van der Waals surface area contributed by atoms with Crippen molar-refractivity contribution < 1.29 is 23.9 Å². The molecular formula is C20H17IN4O5. The van der Waals surface area contributed by atoms with E-state index < -0.39 is 11.9 Å². The molecule has 2 rings (SSSR count). The number of amides is 4. The molecule has 0 bridgehead atoms. The second-order valence-corrected chi connectivity index (χ2v) is 6.89. The number of benzene rings is 2. The van der Waals surface area contributed by atoms with Crippen molar-refractivity contribution in [1.82, 2.24) is 5.32 Å². The van der Waals surface area contributed by atoms with E-state index >= 15 is 0 Å². The van der Waals surface area contributed by atoms with Crippen LogP contribution in [0.4, 0.5) is 10.5 Å². The molecule has 154 valence electrons. The zero-order valence-electron chi connectivity index (χ0n) is 15.8. The van der Waals surface area contributed by atoms with E-state index in [1.165, 1.54) is 19.3 Å². The van der Waals surface area contributed by atoms with Crippen molar-refractivity contribution in [1.29, 1.82) is 5.26 Å². The molecule has 30 heavy (non-hydrogen) atoms. The largest absolute Gasteiger partial charge is 0.493 e. The number of nitrogens with one attached hydrogen (secondary N) is 2. The highest BCUT2D eigenvalue weighted by molar-refractivity contribution is 14.1. The van der Waals surface area contributed by atoms with Gasteiger partial charge in [-0.2, -0.15) is 5.26 Å². The number of urea groups is 1. The highest BCUT2D eigenvalue weighted by Crippen LogP contribution is 2.34. The van der Waals surface area contributed by atoms with Crippen molar-refractivity contribution in [2.45, 2.75) is 0 Å². The fraction of sp³-hybridized carbons (Fsp3) is 0.100. The second-order valence-electron chi connectivity index (χ2n) is 5.73. The molecule has 0 heterocycles. The number of nitriles is 1. The Morgan fingerprint density at radius 3 is 2.53 bits per heavy atom. The molecule has 0 spiro atoms. The monoisotopic (exact) mass is 520 g/mol. The molecule has 0 aromatic heterocycles. The maximum atomic E-state index is 12.1. The fourth-order valence-electron chi connectivity index (χ4n) is 2.31. The van der Waals surface area contributed by atoms with Gasteiger partial charge in [-0.15, -0.1) is 0 Å². The molecular weight excluding hydrogens is 503 g/mol. The highest BCUT2D eigenvalue weighted by Gasteiger charge is 2.15. The summed E-state index contributed by atoms with van der Waals surface area (Å²) < 4.78 is 11.5. The van der Waals surface area contributed by atoms with E-state index in [0.29, 0.717) is 26.3 Å². The van der Waals surface area contributed by atoms with Gasteiger partial charge in [0.2, 0.25) is 0 Å². The predicted molar refractivity (Wildman–Crippen MR) is 118 cm³/mol. The molecule has 0 aliphatic rings. The zero-order chi connectivity index (χ0) is 22.1. The second kappa shape index (κ2) is 10.8. The first-order valence-electron chi connectivity index (χ1n) is 8.42. The van der Waals surface area contributed by atoms with Gasteiger partial charge in [-0.3, -0.25) is 14.9 Å². The van der Waals surface area contributed by atoms with Crippen molar-refractivity contribution in [2.75, 3.05) is 19.0 Å². The third-order valence-corrected chi connectivity index (χ3v) is 4.37. The van der Waals surface area contributed by atoms with Crippen LogP contribution >= 0.6 is 22.6 Å². The van der Waals surface area contributed by atoms with E-state index in [9.17, 15) is 14.4 Å². The third-order valence-electron chi connectivity index (χ3n) is 3.57. The number of methoxy groups -OCH3 is 1. The molecule has 2 aromatic rings. The van der Waals surface area contributed by atoms with Gasteiger partial charge in [0.15, 0.2) is 18.1 Å². The lowest BCUT2D eigenvalue weighted by molar-refractivity contribution is -0.118. The molecule has 0 fully saturated rings. The summed E-state index contributed by atoms with van der Waals surface area (Å²) in [6.45, 7) is -0.249. The summed E-state index contributed by atoms with van der Waals surface area (Å²) in [5.74, 6) is -0.637. The van der Waals surface area contributed by atoms with Crippen LogP contribution in [0.5, 0.6) is 11.5 Å². The van der Waals surface area contributed by atoms with Gasteiger partial charge in [0.1, 0.15) is 11.6 Å². The SMILES string of the molecule is COc1cc(/C=C(/C#N)C(=O)NC(N)=O)cc(I)c1OCC(=O)Nc1ccccc1. The Morgan fingerprint density at radius 2 is 1.93 bits per heavy atom. The van der Waals surface area contributed by atoms with Gasteiger partial charge in [-0.25, -0.2) is 4.79 Å². The number of anilines is 1. The van der Waals surface area contributed by atoms with Crippen LogP contribution in [0.3, 0.4) is 0 Å². The minimum atomic E-state index is -1.06. The molecule has 0 saturated heterocycles. The Morgan fingerprint density at radius 1 is 1.23 bits per heavy atom. The minimum absolute atomic E-state index is 0.249.